The Labute approximate surface area is 165 Å². The van der Waals surface area contributed by atoms with Crippen molar-refractivity contribution < 1.29 is 4.79 Å². The van der Waals surface area contributed by atoms with Gasteiger partial charge in [-0.3, -0.25) is 9.20 Å². The molecule has 1 atom stereocenters. The fourth-order valence-corrected chi connectivity index (χ4v) is 3.82. The van der Waals surface area contributed by atoms with Crippen LogP contribution in [0, 0.1) is 6.92 Å². The molecule has 0 aliphatic rings. The number of benzene rings is 1. The predicted molar refractivity (Wildman–Crippen MR) is 108 cm³/mol. The van der Waals surface area contributed by atoms with Gasteiger partial charge in [-0.15, -0.1) is 10.2 Å². The molecule has 4 aromatic rings. The summed E-state index contributed by atoms with van der Waals surface area (Å²) in [4.78, 5) is 16.6. The molecule has 0 radical (unpaired) electrons. The number of amides is 1. The fourth-order valence-electron chi connectivity index (χ4n) is 2.84. The molecule has 136 valence electrons. The maximum Gasteiger partial charge on any atom is 0.238 e. The van der Waals surface area contributed by atoms with E-state index in [1.54, 1.807) is 12.1 Å². The van der Waals surface area contributed by atoms with Gasteiger partial charge in [0.1, 0.15) is 5.82 Å². The Balaban J connectivity index is 1.62. The first-order valence-corrected chi connectivity index (χ1v) is 9.61. The number of carbonyl (C=O) groups is 1. The van der Waals surface area contributed by atoms with Crippen molar-refractivity contribution in [2.24, 2.45) is 0 Å². The fraction of sp³-hybridized carbons (Fsp3) is 0.158. The quantitative estimate of drug-likeness (QED) is 0.518. The van der Waals surface area contributed by atoms with Crippen molar-refractivity contribution in [3.05, 3.63) is 59.2 Å². The molecule has 8 heteroatoms. The lowest BCUT2D eigenvalue weighted by atomic mass is 10.1. The van der Waals surface area contributed by atoms with Crippen LogP contribution < -0.4 is 5.32 Å². The minimum atomic E-state index is -0.380. The number of para-hydroxylation sites is 1. The number of halogens is 1. The lowest BCUT2D eigenvalue weighted by Crippen LogP contribution is -2.23. The Hall–Kier alpha value is -2.64. The van der Waals surface area contributed by atoms with Gasteiger partial charge in [-0.1, -0.05) is 41.6 Å². The Morgan fingerprint density at radius 2 is 2.04 bits per heavy atom. The van der Waals surface area contributed by atoms with Gasteiger partial charge in [-0.25, -0.2) is 4.98 Å². The van der Waals surface area contributed by atoms with Crippen LogP contribution in [0.3, 0.4) is 0 Å². The molecule has 0 aliphatic carbocycles. The molecule has 0 spiro atoms. The van der Waals surface area contributed by atoms with E-state index in [0.717, 1.165) is 22.1 Å². The summed E-state index contributed by atoms with van der Waals surface area (Å²) in [7, 11) is 0. The van der Waals surface area contributed by atoms with Gasteiger partial charge >= 0.3 is 0 Å². The Morgan fingerprint density at radius 3 is 2.81 bits per heavy atom. The van der Waals surface area contributed by atoms with E-state index in [9.17, 15) is 4.79 Å². The number of anilines is 1. The molecule has 1 amide bonds. The summed E-state index contributed by atoms with van der Waals surface area (Å²) < 4.78 is 1.98. The van der Waals surface area contributed by atoms with Gasteiger partial charge in [0.2, 0.25) is 5.91 Å². The van der Waals surface area contributed by atoms with Crippen LogP contribution in [-0.4, -0.2) is 30.7 Å². The Bertz CT molecular complexity index is 1140. The van der Waals surface area contributed by atoms with Crippen LogP contribution in [-0.2, 0) is 4.79 Å². The van der Waals surface area contributed by atoms with E-state index in [-0.39, 0.29) is 11.2 Å². The minimum Gasteiger partial charge on any atom is -0.310 e. The third-order valence-corrected chi connectivity index (χ3v) is 5.47. The second-order valence-corrected chi connectivity index (χ2v) is 7.88. The molecular formula is C19H16ClN5OS. The van der Waals surface area contributed by atoms with Crippen molar-refractivity contribution in [1.29, 1.82) is 0 Å². The molecule has 3 aromatic heterocycles. The second-order valence-electron chi connectivity index (χ2n) is 6.13. The number of aryl methyl sites for hydroxylation is 1. The van der Waals surface area contributed by atoms with E-state index in [0.29, 0.717) is 16.0 Å². The van der Waals surface area contributed by atoms with Crippen LogP contribution in [0.25, 0.3) is 16.6 Å². The Kier molecular flexibility index (Phi) is 4.72. The van der Waals surface area contributed by atoms with Gasteiger partial charge in [0.05, 0.1) is 15.8 Å². The molecule has 0 fully saturated rings. The van der Waals surface area contributed by atoms with Crippen molar-refractivity contribution in [2.45, 2.75) is 24.3 Å². The number of hydrogen-bond donors (Lipinski definition) is 1. The molecular weight excluding hydrogens is 382 g/mol. The standard InChI is InChI=1S/C19H16ClN5OS/c1-11-9-17-23-24-19(25(17)15-6-4-3-5-14(11)15)27-12(2)18(26)22-16-8-7-13(20)10-21-16/h3-10,12H,1-2H3,(H,21,22,26)/t12-/m0/s1. The minimum absolute atomic E-state index is 0.164. The normalized spacial score (nSPS) is 12.4. The van der Waals surface area contributed by atoms with Gasteiger partial charge in [0.15, 0.2) is 10.8 Å². The molecule has 1 N–H and O–H groups in total. The zero-order chi connectivity index (χ0) is 19.0. The van der Waals surface area contributed by atoms with Crippen LogP contribution in [0.15, 0.2) is 53.8 Å². The average molecular weight is 398 g/mol. The van der Waals surface area contributed by atoms with Crippen molar-refractivity contribution in [2.75, 3.05) is 5.32 Å². The lowest BCUT2D eigenvalue weighted by molar-refractivity contribution is -0.115. The van der Waals surface area contributed by atoms with Crippen LogP contribution in [0.1, 0.15) is 12.5 Å². The molecule has 0 aliphatic heterocycles. The summed E-state index contributed by atoms with van der Waals surface area (Å²) in [5, 5.41) is 13.3. The molecule has 0 unspecified atom stereocenters. The number of thioether (sulfide) groups is 1. The van der Waals surface area contributed by atoms with E-state index >= 15 is 0 Å². The summed E-state index contributed by atoms with van der Waals surface area (Å²) in [6, 6.07) is 13.4. The molecule has 6 nitrogen and oxygen atoms in total. The molecule has 4 rings (SSSR count). The number of nitrogens with one attached hydrogen (secondary N) is 1. The van der Waals surface area contributed by atoms with Gasteiger partial charge < -0.3 is 5.32 Å². The summed E-state index contributed by atoms with van der Waals surface area (Å²) in [5.74, 6) is 0.298. The highest BCUT2D eigenvalue weighted by molar-refractivity contribution is 8.00. The topological polar surface area (TPSA) is 72.2 Å². The molecule has 0 saturated carbocycles. The van der Waals surface area contributed by atoms with E-state index in [2.05, 4.69) is 33.5 Å². The van der Waals surface area contributed by atoms with Crippen LogP contribution in [0.4, 0.5) is 5.82 Å². The van der Waals surface area contributed by atoms with Gasteiger partial charge in [0.25, 0.3) is 0 Å². The molecule has 0 bridgehead atoms. The van der Waals surface area contributed by atoms with Crippen LogP contribution >= 0.6 is 23.4 Å². The number of nitrogens with zero attached hydrogens (tertiary/aromatic N) is 4. The number of pyridine rings is 2. The maximum absolute atomic E-state index is 12.5. The zero-order valence-electron chi connectivity index (χ0n) is 14.7. The van der Waals surface area contributed by atoms with Crippen molar-refractivity contribution in [3.8, 4) is 0 Å². The summed E-state index contributed by atoms with van der Waals surface area (Å²) in [6.07, 6.45) is 1.50. The monoisotopic (exact) mass is 397 g/mol. The first-order valence-electron chi connectivity index (χ1n) is 8.35. The maximum atomic E-state index is 12.5. The van der Waals surface area contributed by atoms with E-state index in [4.69, 9.17) is 11.6 Å². The summed E-state index contributed by atoms with van der Waals surface area (Å²) >= 11 is 7.18. The van der Waals surface area contributed by atoms with Gasteiger partial charge in [0, 0.05) is 11.6 Å². The molecule has 0 saturated heterocycles. The van der Waals surface area contributed by atoms with Crippen LogP contribution in [0.2, 0.25) is 5.02 Å². The highest BCUT2D eigenvalue weighted by atomic mass is 35.5. The SMILES string of the molecule is Cc1cc2nnc(S[C@@H](C)C(=O)Nc3ccc(Cl)cn3)n2c2ccccc12. The largest absolute Gasteiger partial charge is 0.310 e. The number of carbonyl (C=O) groups excluding carboxylic acids is 1. The van der Waals surface area contributed by atoms with E-state index < -0.39 is 0 Å². The first-order chi connectivity index (χ1) is 13.0. The second kappa shape index (κ2) is 7.17. The van der Waals surface area contributed by atoms with Crippen molar-refractivity contribution in [1.82, 2.24) is 19.6 Å². The van der Waals surface area contributed by atoms with E-state index in [1.165, 1.54) is 18.0 Å². The molecule has 27 heavy (non-hydrogen) atoms. The number of rotatable bonds is 4. The van der Waals surface area contributed by atoms with Gasteiger partial charge in [-0.05, 0) is 43.7 Å². The average Bonchev–Trinajstić information content (AvgIpc) is 3.06. The number of fused-ring (bicyclic) bond motifs is 3. The lowest BCUT2D eigenvalue weighted by Gasteiger charge is -2.11. The predicted octanol–water partition coefficient (Wildman–Crippen LogP) is 4.36. The van der Waals surface area contributed by atoms with Crippen LogP contribution in [0.5, 0.6) is 0 Å². The highest BCUT2D eigenvalue weighted by Gasteiger charge is 2.19. The highest BCUT2D eigenvalue weighted by Crippen LogP contribution is 2.28. The number of aromatic nitrogens is 4. The molecule has 1 aromatic carbocycles. The summed E-state index contributed by atoms with van der Waals surface area (Å²) in [6.45, 7) is 3.88. The van der Waals surface area contributed by atoms with Crippen molar-refractivity contribution in [3.63, 3.8) is 0 Å². The third kappa shape index (κ3) is 3.48. The summed E-state index contributed by atoms with van der Waals surface area (Å²) in [5.41, 5.74) is 2.93. The van der Waals surface area contributed by atoms with Gasteiger partial charge in [-0.2, -0.15) is 0 Å². The van der Waals surface area contributed by atoms with E-state index in [1.807, 2.05) is 35.6 Å². The molecule has 3 heterocycles. The van der Waals surface area contributed by atoms with Crippen molar-refractivity contribution >= 4 is 51.6 Å². The smallest absolute Gasteiger partial charge is 0.238 e. The Morgan fingerprint density at radius 1 is 1.22 bits per heavy atom. The first kappa shape index (κ1) is 17.8. The number of hydrogen-bond acceptors (Lipinski definition) is 5. The zero-order valence-corrected chi connectivity index (χ0v) is 16.3. The third-order valence-electron chi connectivity index (χ3n) is 4.20.